The van der Waals surface area contributed by atoms with Crippen molar-refractivity contribution in [1.29, 1.82) is 0 Å². The van der Waals surface area contributed by atoms with Gasteiger partial charge in [0.1, 0.15) is 0 Å². The Balaban J connectivity index is 1.34. The van der Waals surface area contributed by atoms with Crippen LogP contribution in [0.1, 0.15) is 27.7 Å². The van der Waals surface area contributed by atoms with Gasteiger partial charge < -0.3 is 13.9 Å². The highest BCUT2D eigenvalue weighted by atomic mass is 16.7. The van der Waals surface area contributed by atoms with Crippen molar-refractivity contribution in [3.05, 3.63) is 121 Å². The Morgan fingerprint density at radius 1 is 0.500 bits per heavy atom. The van der Waals surface area contributed by atoms with Crippen LogP contribution in [0.25, 0.3) is 49.7 Å². The van der Waals surface area contributed by atoms with Crippen LogP contribution in [-0.2, 0) is 9.31 Å². The smallest absolute Gasteiger partial charge is 0.399 e. The van der Waals surface area contributed by atoms with E-state index in [1.54, 1.807) is 0 Å². The van der Waals surface area contributed by atoms with E-state index in [-0.39, 0.29) is 11.2 Å². The van der Waals surface area contributed by atoms with Crippen LogP contribution in [0.5, 0.6) is 0 Å². The zero-order valence-electron chi connectivity index (χ0n) is 23.4. The van der Waals surface area contributed by atoms with E-state index >= 15 is 0 Å². The fourth-order valence-electron chi connectivity index (χ4n) is 5.73. The predicted octanol–water partition coefficient (Wildman–Crippen LogP) is 8.42. The van der Waals surface area contributed by atoms with Crippen LogP contribution in [0.3, 0.4) is 0 Å². The van der Waals surface area contributed by atoms with Gasteiger partial charge >= 0.3 is 7.12 Å². The number of rotatable bonds is 4. The summed E-state index contributed by atoms with van der Waals surface area (Å²) in [5, 5.41) is 2.41. The molecule has 5 aromatic carbocycles. The standard InChI is InChI=1S/C36H32BNO2/c1-35(2)36(3,4)40-37(39-35)29-20-21-34-32(24-29)31-18-8-9-19-33(31)38(34)30-17-11-16-28(23-30)27-15-10-14-26(22-27)25-12-6-5-7-13-25/h5-24H,1-4H3. The summed E-state index contributed by atoms with van der Waals surface area (Å²) in [6, 6.07) is 43.4. The van der Waals surface area contributed by atoms with Crippen molar-refractivity contribution in [3.8, 4) is 27.9 Å². The summed E-state index contributed by atoms with van der Waals surface area (Å²) in [4.78, 5) is 0. The van der Waals surface area contributed by atoms with E-state index in [9.17, 15) is 0 Å². The minimum absolute atomic E-state index is 0.376. The van der Waals surface area contributed by atoms with Gasteiger partial charge in [-0.2, -0.15) is 0 Å². The molecule has 1 aliphatic heterocycles. The second-order valence-electron chi connectivity index (χ2n) is 11.7. The second kappa shape index (κ2) is 9.23. The summed E-state index contributed by atoms with van der Waals surface area (Å²) >= 11 is 0. The Hall–Kier alpha value is -4.12. The van der Waals surface area contributed by atoms with Crippen LogP contribution in [-0.4, -0.2) is 22.9 Å². The second-order valence-corrected chi connectivity index (χ2v) is 11.7. The molecule has 3 nitrogen and oxygen atoms in total. The lowest BCUT2D eigenvalue weighted by atomic mass is 9.78. The van der Waals surface area contributed by atoms with E-state index < -0.39 is 7.12 Å². The third-order valence-electron chi connectivity index (χ3n) is 8.63. The monoisotopic (exact) mass is 521 g/mol. The molecular formula is C36H32BNO2. The van der Waals surface area contributed by atoms with Crippen molar-refractivity contribution in [1.82, 2.24) is 4.57 Å². The van der Waals surface area contributed by atoms with Crippen molar-refractivity contribution in [2.75, 3.05) is 0 Å². The van der Waals surface area contributed by atoms with Crippen molar-refractivity contribution < 1.29 is 9.31 Å². The highest BCUT2D eigenvalue weighted by Gasteiger charge is 2.51. The van der Waals surface area contributed by atoms with Crippen LogP contribution in [0.2, 0.25) is 0 Å². The molecule has 1 fully saturated rings. The summed E-state index contributed by atoms with van der Waals surface area (Å²) in [6.07, 6.45) is 0. The molecule has 196 valence electrons. The van der Waals surface area contributed by atoms with E-state index in [1.807, 2.05) is 0 Å². The average Bonchev–Trinajstić information content (AvgIpc) is 3.42. The Labute approximate surface area is 236 Å². The highest BCUT2D eigenvalue weighted by Crippen LogP contribution is 2.38. The predicted molar refractivity (Wildman–Crippen MR) is 167 cm³/mol. The Bertz CT molecular complexity index is 1850. The van der Waals surface area contributed by atoms with Gasteiger partial charge in [0, 0.05) is 16.5 Å². The van der Waals surface area contributed by atoms with Gasteiger partial charge in [-0.25, -0.2) is 0 Å². The maximum absolute atomic E-state index is 6.38. The number of nitrogens with zero attached hydrogens (tertiary/aromatic N) is 1. The first kappa shape index (κ1) is 24.9. The van der Waals surface area contributed by atoms with E-state index in [4.69, 9.17) is 9.31 Å². The van der Waals surface area contributed by atoms with Gasteiger partial charge in [0.2, 0.25) is 0 Å². The molecule has 1 saturated heterocycles. The molecule has 0 N–H and O–H groups in total. The van der Waals surface area contributed by atoms with Gasteiger partial charge in [-0.05, 0) is 85.7 Å². The molecule has 6 aromatic rings. The van der Waals surface area contributed by atoms with Crippen LogP contribution in [0.15, 0.2) is 121 Å². The van der Waals surface area contributed by atoms with Gasteiger partial charge in [-0.1, -0.05) is 91.0 Å². The van der Waals surface area contributed by atoms with Crippen LogP contribution in [0.4, 0.5) is 0 Å². The van der Waals surface area contributed by atoms with Gasteiger partial charge in [0.05, 0.1) is 22.2 Å². The first-order valence-corrected chi connectivity index (χ1v) is 14.0. The first-order chi connectivity index (χ1) is 19.3. The van der Waals surface area contributed by atoms with E-state index in [0.29, 0.717) is 0 Å². The SMILES string of the molecule is CC1(C)OB(c2ccc3c(c2)c2ccccc2n3-c2cccc(-c3cccc(-c4ccccc4)c3)c2)OC1(C)C. The maximum Gasteiger partial charge on any atom is 0.494 e. The molecule has 0 aliphatic carbocycles. The third-order valence-corrected chi connectivity index (χ3v) is 8.63. The lowest BCUT2D eigenvalue weighted by Gasteiger charge is -2.32. The van der Waals surface area contributed by atoms with Crippen molar-refractivity contribution in [2.45, 2.75) is 38.9 Å². The highest BCUT2D eigenvalue weighted by molar-refractivity contribution is 6.62. The van der Waals surface area contributed by atoms with Crippen LogP contribution >= 0.6 is 0 Å². The molecule has 0 spiro atoms. The molecule has 4 heteroatoms. The number of hydrogen-bond donors (Lipinski definition) is 0. The summed E-state index contributed by atoms with van der Waals surface area (Å²) in [7, 11) is -0.392. The molecule has 0 amide bonds. The van der Waals surface area contributed by atoms with Crippen molar-refractivity contribution in [3.63, 3.8) is 0 Å². The van der Waals surface area contributed by atoms with E-state index in [0.717, 1.165) is 16.7 Å². The zero-order valence-corrected chi connectivity index (χ0v) is 23.4. The van der Waals surface area contributed by atoms with Gasteiger partial charge in [0.15, 0.2) is 0 Å². The molecule has 40 heavy (non-hydrogen) atoms. The Morgan fingerprint density at radius 2 is 1.07 bits per heavy atom. The lowest BCUT2D eigenvalue weighted by molar-refractivity contribution is 0.00578. The molecule has 0 atom stereocenters. The molecular weight excluding hydrogens is 489 g/mol. The molecule has 2 heterocycles. The Morgan fingerprint density at radius 3 is 1.82 bits per heavy atom. The largest absolute Gasteiger partial charge is 0.494 e. The zero-order chi connectivity index (χ0) is 27.5. The molecule has 7 rings (SSSR count). The number of aromatic nitrogens is 1. The van der Waals surface area contributed by atoms with Gasteiger partial charge in [-0.3, -0.25) is 0 Å². The van der Waals surface area contributed by atoms with Crippen LogP contribution in [0, 0.1) is 0 Å². The number of para-hydroxylation sites is 1. The van der Waals surface area contributed by atoms with E-state index in [1.165, 1.54) is 38.5 Å². The molecule has 0 bridgehead atoms. The normalized spacial score (nSPS) is 16.1. The summed E-state index contributed by atoms with van der Waals surface area (Å²) in [6.45, 7) is 8.39. The molecule has 0 unspecified atom stereocenters. The Kier molecular flexibility index (Phi) is 5.74. The topological polar surface area (TPSA) is 23.4 Å². The summed E-state index contributed by atoms with van der Waals surface area (Å²) < 4.78 is 15.1. The molecule has 1 aromatic heterocycles. The fourth-order valence-corrected chi connectivity index (χ4v) is 5.73. The minimum Gasteiger partial charge on any atom is -0.399 e. The minimum atomic E-state index is -0.392. The first-order valence-electron chi connectivity index (χ1n) is 14.0. The number of benzene rings is 5. The van der Waals surface area contributed by atoms with Gasteiger partial charge in [0.25, 0.3) is 0 Å². The number of hydrogen-bond acceptors (Lipinski definition) is 2. The molecule has 1 aliphatic rings. The lowest BCUT2D eigenvalue weighted by Crippen LogP contribution is -2.41. The summed E-state index contributed by atoms with van der Waals surface area (Å²) in [5.74, 6) is 0. The molecule has 0 saturated carbocycles. The fraction of sp³-hybridized carbons (Fsp3) is 0.167. The summed E-state index contributed by atoms with van der Waals surface area (Å²) in [5.41, 5.74) is 8.60. The van der Waals surface area contributed by atoms with Crippen molar-refractivity contribution >= 4 is 34.4 Å². The van der Waals surface area contributed by atoms with E-state index in [2.05, 4.69) is 154 Å². The maximum atomic E-state index is 6.38. The van der Waals surface area contributed by atoms with Gasteiger partial charge in [-0.15, -0.1) is 0 Å². The number of fused-ring (bicyclic) bond motifs is 3. The average molecular weight is 521 g/mol. The van der Waals surface area contributed by atoms with Crippen molar-refractivity contribution in [2.24, 2.45) is 0 Å². The van der Waals surface area contributed by atoms with Crippen LogP contribution < -0.4 is 5.46 Å². The quantitative estimate of drug-likeness (QED) is 0.218. The molecule has 0 radical (unpaired) electrons. The third kappa shape index (κ3) is 4.07.